The zero-order valence-electron chi connectivity index (χ0n) is 18.9. The lowest BCUT2D eigenvalue weighted by atomic mass is 9.95. The van der Waals surface area contributed by atoms with E-state index in [1.807, 2.05) is 61.5 Å². The Morgan fingerprint density at radius 3 is 2.06 bits per heavy atom. The molecule has 0 radical (unpaired) electrons. The summed E-state index contributed by atoms with van der Waals surface area (Å²) in [4.78, 5) is 12.9. The molecule has 0 aliphatic carbocycles. The first-order valence-corrected chi connectivity index (χ1v) is 10.6. The molecule has 1 heterocycles. The molecule has 0 bridgehead atoms. The number of nitrogens with zero attached hydrogens (tertiary/aromatic N) is 1. The Balaban J connectivity index is 2.04. The van der Waals surface area contributed by atoms with E-state index in [4.69, 9.17) is 9.47 Å². The van der Waals surface area contributed by atoms with Crippen LogP contribution in [0, 0.1) is 6.92 Å². The van der Waals surface area contributed by atoms with Gasteiger partial charge in [0.15, 0.2) is 17.3 Å². The molecule has 3 aromatic carbocycles. The summed E-state index contributed by atoms with van der Waals surface area (Å²) in [5.41, 5.74) is 6.80. The highest BCUT2D eigenvalue weighted by molar-refractivity contribution is 6.03. The van der Waals surface area contributed by atoms with Gasteiger partial charge in [-0.2, -0.15) is 0 Å². The molecule has 4 heteroatoms. The van der Waals surface area contributed by atoms with E-state index < -0.39 is 0 Å². The highest BCUT2D eigenvalue weighted by Crippen LogP contribution is 2.40. The number of rotatable bonds is 7. The molecular weight excluding hydrogens is 398 g/mol. The van der Waals surface area contributed by atoms with Crippen molar-refractivity contribution in [2.24, 2.45) is 0 Å². The number of ketones is 1. The van der Waals surface area contributed by atoms with Gasteiger partial charge in [-0.15, -0.1) is 0 Å². The minimum Gasteiger partial charge on any atom is -0.493 e. The minimum absolute atomic E-state index is 0.0382. The van der Waals surface area contributed by atoms with Crippen molar-refractivity contribution in [2.75, 3.05) is 14.2 Å². The highest BCUT2D eigenvalue weighted by Gasteiger charge is 2.25. The van der Waals surface area contributed by atoms with E-state index >= 15 is 0 Å². The Labute approximate surface area is 189 Å². The summed E-state index contributed by atoms with van der Waals surface area (Å²) >= 11 is 0. The third-order valence-corrected chi connectivity index (χ3v) is 5.76. The molecule has 0 saturated carbocycles. The molecule has 0 amide bonds. The molecule has 4 nitrogen and oxygen atoms in total. The first-order valence-electron chi connectivity index (χ1n) is 10.6. The van der Waals surface area contributed by atoms with Gasteiger partial charge >= 0.3 is 0 Å². The number of carbonyl (C=O) groups excluding carboxylic acids is 1. The van der Waals surface area contributed by atoms with E-state index in [-0.39, 0.29) is 5.78 Å². The van der Waals surface area contributed by atoms with E-state index in [1.54, 1.807) is 21.1 Å². The highest BCUT2D eigenvalue weighted by atomic mass is 16.5. The lowest BCUT2D eigenvalue weighted by Gasteiger charge is -2.15. The summed E-state index contributed by atoms with van der Waals surface area (Å²) in [6.07, 6.45) is 0.688. The van der Waals surface area contributed by atoms with Gasteiger partial charge in [0.2, 0.25) is 0 Å². The lowest BCUT2D eigenvalue weighted by molar-refractivity contribution is 0.101. The van der Waals surface area contributed by atoms with Crippen LogP contribution < -0.4 is 9.47 Å². The number of carbonyl (C=O) groups is 1. The van der Waals surface area contributed by atoms with Crippen LogP contribution >= 0.6 is 0 Å². The fraction of sp³-hybridized carbons (Fsp3) is 0.179. The monoisotopic (exact) mass is 425 g/mol. The minimum atomic E-state index is 0.0382. The molecule has 4 aromatic rings. The van der Waals surface area contributed by atoms with Gasteiger partial charge in [-0.25, -0.2) is 0 Å². The molecule has 0 aliphatic rings. The van der Waals surface area contributed by atoms with Crippen LogP contribution in [0.2, 0.25) is 0 Å². The number of aromatic nitrogens is 1. The molecule has 0 aliphatic heterocycles. The maximum atomic E-state index is 12.9. The maximum Gasteiger partial charge on any atom is 0.162 e. The molecule has 4 rings (SSSR count). The molecule has 0 spiro atoms. The van der Waals surface area contributed by atoms with Gasteiger partial charge in [0.05, 0.1) is 14.2 Å². The third kappa shape index (κ3) is 3.92. The van der Waals surface area contributed by atoms with Crippen molar-refractivity contribution >= 4 is 5.78 Å². The Morgan fingerprint density at radius 1 is 0.844 bits per heavy atom. The molecule has 0 fully saturated rings. The van der Waals surface area contributed by atoms with Crippen molar-refractivity contribution in [1.29, 1.82) is 0 Å². The fourth-order valence-electron chi connectivity index (χ4n) is 4.37. The number of hydrogen-bond donors (Lipinski definition) is 0. The second-order valence-electron chi connectivity index (χ2n) is 7.74. The zero-order chi connectivity index (χ0) is 22.7. The molecular formula is C28H27NO3. The van der Waals surface area contributed by atoms with E-state index in [2.05, 4.69) is 28.8 Å². The van der Waals surface area contributed by atoms with E-state index in [9.17, 15) is 4.79 Å². The first kappa shape index (κ1) is 21.4. The zero-order valence-corrected chi connectivity index (χ0v) is 18.9. The van der Waals surface area contributed by atoms with Crippen LogP contribution in [-0.4, -0.2) is 24.6 Å². The second-order valence-corrected chi connectivity index (χ2v) is 7.74. The molecule has 0 saturated heterocycles. The van der Waals surface area contributed by atoms with E-state index in [1.165, 1.54) is 5.56 Å². The van der Waals surface area contributed by atoms with Crippen LogP contribution in [0.25, 0.3) is 16.8 Å². The molecule has 0 atom stereocenters. The van der Waals surface area contributed by atoms with Crippen molar-refractivity contribution < 1.29 is 14.3 Å². The Kier molecular flexibility index (Phi) is 6.13. The molecule has 162 valence electrons. The van der Waals surface area contributed by atoms with Crippen molar-refractivity contribution in [2.45, 2.75) is 20.3 Å². The van der Waals surface area contributed by atoms with Crippen LogP contribution in [0.15, 0.2) is 78.9 Å². The first-order chi connectivity index (χ1) is 15.5. The quantitative estimate of drug-likeness (QED) is 0.328. The Bertz CT molecular complexity index is 1240. The summed E-state index contributed by atoms with van der Waals surface area (Å²) in [7, 11) is 3.24. The summed E-state index contributed by atoms with van der Waals surface area (Å²) in [5, 5.41) is 0. The average molecular weight is 426 g/mol. The van der Waals surface area contributed by atoms with Crippen molar-refractivity contribution in [1.82, 2.24) is 4.57 Å². The summed E-state index contributed by atoms with van der Waals surface area (Å²) < 4.78 is 13.2. The number of benzene rings is 3. The van der Waals surface area contributed by atoms with E-state index in [0.717, 1.165) is 33.8 Å². The summed E-state index contributed by atoms with van der Waals surface area (Å²) in [6.45, 7) is 3.65. The molecule has 0 N–H and O–H groups in total. The van der Waals surface area contributed by atoms with Crippen LogP contribution in [0.3, 0.4) is 0 Å². The van der Waals surface area contributed by atoms with Crippen LogP contribution in [0.5, 0.6) is 11.5 Å². The Hall–Kier alpha value is -3.79. The van der Waals surface area contributed by atoms with Gasteiger partial charge in [-0.05, 0) is 49.2 Å². The number of para-hydroxylation sites is 1. The van der Waals surface area contributed by atoms with Crippen LogP contribution in [0.4, 0.5) is 0 Å². The topological polar surface area (TPSA) is 40.5 Å². The predicted molar refractivity (Wildman–Crippen MR) is 128 cm³/mol. The Morgan fingerprint density at radius 2 is 1.47 bits per heavy atom. The summed E-state index contributed by atoms with van der Waals surface area (Å²) in [6, 6.07) is 26.3. The smallest absolute Gasteiger partial charge is 0.162 e. The van der Waals surface area contributed by atoms with Gasteiger partial charge in [0.1, 0.15) is 0 Å². The number of ether oxygens (including phenoxy) is 2. The lowest BCUT2D eigenvalue weighted by Crippen LogP contribution is -2.04. The van der Waals surface area contributed by atoms with Gasteiger partial charge < -0.3 is 14.0 Å². The maximum absolute atomic E-state index is 12.9. The second kappa shape index (κ2) is 9.15. The molecule has 32 heavy (non-hydrogen) atoms. The predicted octanol–water partition coefficient (Wildman–Crippen LogP) is 6.26. The van der Waals surface area contributed by atoms with Crippen LogP contribution in [0.1, 0.15) is 34.2 Å². The van der Waals surface area contributed by atoms with Crippen molar-refractivity contribution in [3.63, 3.8) is 0 Å². The number of Topliss-reactive ketones (excluding diaryl/α,β-unsaturated/α-hetero) is 1. The average Bonchev–Trinajstić information content (AvgIpc) is 3.11. The molecule has 1 aromatic heterocycles. The third-order valence-electron chi connectivity index (χ3n) is 5.76. The van der Waals surface area contributed by atoms with Gasteiger partial charge in [0.25, 0.3) is 0 Å². The summed E-state index contributed by atoms with van der Waals surface area (Å²) in [5.74, 6) is 1.33. The van der Waals surface area contributed by atoms with Gasteiger partial charge in [-0.3, -0.25) is 4.79 Å². The standard InChI is InChI=1S/C28H27NO3/c1-19-27(20(2)30)28(22-15-16-25(31-3)26(18-22)32-4)24(17-21-11-7-5-8-12-21)29(19)23-13-9-6-10-14-23/h5-16,18H,17H2,1-4H3. The fourth-order valence-corrected chi connectivity index (χ4v) is 4.37. The normalized spacial score (nSPS) is 10.8. The van der Waals surface area contributed by atoms with Gasteiger partial charge in [0, 0.05) is 34.6 Å². The number of hydrogen-bond acceptors (Lipinski definition) is 3. The van der Waals surface area contributed by atoms with Crippen molar-refractivity contribution in [3.05, 3.63) is 101 Å². The van der Waals surface area contributed by atoms with Crippen LogP contribution in [-0.2, 0) is 6.42 Å². The van der Waals surface area contributed by atoms with E-state index in [0.29, 0.717) is 17.9 Å². The van der Waals surface area contributed by atoms with Gasteiger partial charge in [-0.1, -0.05) is 54.6 Å². The molecule has 0 unspecified atom stereocenters. The van der Waals surface area contributed by atoms with Crippen molar-refractivity contribution in [3.8, 4) is 28.3 Å². The number of methoxy groups -OCH3 is 2. The SMILES string of the molecule is COc1ccc(-c2c(C(C)=O)c(C)n(-c3ccccc3)c2Cc2ccccc2)cc1OC. The largest absolute Gasteiger partial charge is 0.493 e.